The number of benzene rings is 1. The van der Waals surface area contributed by atoms with Gasteiger partial charge in [-0.15, -0.1) is 0 Å². The molecule has 3 N–H and O–H groups in total. The molecule has 1 aromatic rings. The number of amides is 2. The van der Waals surface area contributed by atoms with Gasteiger partial charge >= 0.3 is 6.03 Å². The summed E-state index contributed by atoms with van der Waals surface area (Å²) in [5.74, 6) is -1.80. The van der Waals surface area contributed by atoms with E-state index in [0.29, 0.717) is 12.8 Å². The van der Waals surface area contributed by atoms with E-state index in [1.54, 1.807) is 0 Å². The third kappa shape index (κ3) is 3.41. The van der Waals surface area contributed by atoms with Crippen molar-refractivity contribution in [2.45, 2.75) is 31.2 Å². The topological polar surface area (TPSA) is 70.6 Å². The quantitative estimate of drug-likeness (QED) is 0.799. The van der Waals surface area contributed by atoms with Gasteiger partial charge in [-0.25, -0.2) is 13.6 Å². The van der Waals surface area contributed by atoms with Gasteiger partial charge in [0.1, 0.15) is 0 Å². The van der Waals surface area contributed by atoms with Gasteiger partial charge < -0.3 is 20.5 Å². The zero-order valence-corrected chi connectivity index (χ0v) is 11.7. The van der Waals surface area contributed by atoms with E-state index in [1.165, 1.54) is 7.11 Å². The van der Waals surface area contributed by atoms with Crippen LogP contribution in [0.25, 0.3) is 0 Å². The maximum atomic E-state index is 13.7. The van der Waals surface area contributed by atoms with Crippen molar-refractivity contribution < 1.29 is 23.4 Å². The number of aliphatic hydroxyl groups excluding tert-OH is 1. The minimum Gasteiger partial charge on any atom is -0.494 e. The molecule has 5 nitrogen and oxygen atoms in total. The first-order valence-corrected chi connectivity index (χ1v) is 6.73. The second-order valence-corrected chi connectivity index (χ2v) is 5.19. The van der Waals surface area contributed by atoms with E-state index in [-0.39, 0.29) is 18.0 Å². The summed E-state index contributed by atoms with van der Waals surface area (Å²) in [6, 6.07) is 1.05. The summed E-state index contributed by atoms with van der Waals surface area (Å²) in [5, 5.41) is 14.3. The van der Waals surface area contributed by atoms with E-state index in [0.717, 1.165) is 25.0 Å². The summed E-state index contributed by atoms with van der Waals surface area (Å²) in [6.07, 6.45) is 3.14. The van der Waals surface area contributed by atoms with Crippen LogP contribution in [0.15, 0.2) is 12.1 Å². The van der Waals surface area contributed by atoms with Crippen molar-refractivity contribution in [1.29, 1.82) is 0 Å². The van der Waals surface area contributed by atoms with E-state index in [2.05, 4.69) is 15.4 Å². The fraction of sp³-hybridized carbons (Fsp3) is 0.500. The van der Waals surface area contributed by atoms with Crippen molar-refractivity contribution >= 4 is 11.7 Å². The lowest BCUT2D eigenvalue weighted by atomic mass is 9.99. The number of carbonyl (C=O) groups excluding carboxylic acids is 1. The third-order valence-electron chi connectivity index (χ3n) is 3.73. The molecule has 1 saturated carbocycles. The van der Waals surface area contributed by atoms with Crippen LogP contribution in [0.1, 0.15) is 25.7 Å². The highest BCUT2D eigenvalue weighted by atomic mass is 19.1. The highest BCUT2D eigenvalue weighted by Gasteiger charge is 2.34. The molecule has 1 aliphatic rings. The monoisotopic (exact) mass is 300 g/mol. The molecule has 0 bridgehead atoms. The van der Waals surface area contributed by atoms with Crippen LogP contribution < -0.4 is 15.4 Å². The van der Waals surface area contributed by atoms with Gasteiger partial charge in [-0.1, -0.05) is 12.8 Å². The van der Waals surface area contributed by atoms with Gasteiger partial charge in [-0.2, -0.15) is 0 Å². The molecular weight excluding hydrogens is 282 g/mol. The van der Waals surface area contributed by atoms with E-state index in [1.807, 2.05) is 0 Å². The van der Waals surface area contributed by atoms with E-state index >= 15 is 0 Å². The Kier molecular flexibility index (Phi) is 4.62. The number of hydrogen-bond acceptors (Lipinski definition) is 3. The van der Waals surface area contributed by atoms with Crippen molar-refractivity contribution in [1.82, 2.24) is 5.32 Å². The molecule has 1 aromatic carbocycles. The first kappa shape index (κ1) is 15.5. The predicted molar refractivity (Wildman–Crippen MR) is 73.3 cm³/mol. The Morgan fingerprint density at radius 1 is 1.33 bits per heavy atom. The second-order valence-electron chi connectivity index (χ2n) is 5.19. The van der Waals surface area contributed by atoms with Crippen LogP contribution in [-0.4, -0.2) is 30.4 Å². The Balaban J connectivity index is 2.07. The van der Waals surface area contributed by atoms with Gasteiger partial charge in [-0.05, 0) is 12.8 Å². The molecule has 2 amide bonds. The minimum atomic E-state index is -0.798. The average Bonchev–Trinajstić information content (AvgIpc) is 2.91. The zero-order chi connectivity index (χ0) is 15.5. The van der Waals surface area contributed by atoms with Crippen LogP contribution in [0.2, 0.25) is 0 Å². The second kappa shape index (κ2) is 6.26. The smallest absolute Gasteiger partial charge is 0.319 e. The van der Waals surface area contributed by atoms with Crippen molar-refractivity contribution in [2.75, 3.05) is 19.0 Å². The third-order valence-corrected chi connectivity index (χ3v) is 3.73. The fourth-order valence-corrected chi connectivity index (χ4v) is 2.55. The highest BCUT2D eigenvalue weighted by molar-refractivity contribution is 5.90. The van der Waals surface area contributed by atoms with Gasteiger partial charge in [0.15, 0.2) is 17.4 Å². The minimum absolute atomic E-state index is 0.181. The molecule has 0 spiro atoms. The van der Waals surface area contributed by atoms with E-state index < -0.39 is 23.2 Å². The van der Waals surface area contributed by atoms with Gasteiger partial charge in [-0.3, -0.25) is 0 Å². The molecule has 1 aliphatic carbocycles. The SMILES string of the molecule is COc1cc(F)c(NC(=O)NC2(CO)CCCC2)cc1F. The maximum Gasteiger partial charge on any atom is 0.319 e. The standard InChI is InChI=1S/C14H18F2N2O3/c1-21-12-7-9(15)11(6-10(12)16)17-13(20)18-14(8-19)4-2-3-5-14/h6-7,19H,2-5,8H2,1H3,(H2,17,18,20). The number of anilines is 1. The first-order valence-electron chi connectivity index (χ1n) is 6.73. The molecular formula is C14H18F2N2O3. The van der Waals surface area contributed by atoms with E-state index in [9.17, 15) is 18.7 Å². The molecule has 116 valence electrons. The van der Waals surface area contributed by atoms with Gasteiger partial charge in [0.25, 0.3) is 0 Å². The average molecular weight is 300 g/mol. The summed E-state index contributed by atoms with van der Waals surface area (Å²) >= 11 is 0. The molecule has 1 fully saturated rings. The first-order chi connectivity index (χ1) is 9.99. The molecule has 0 aromatic heterocycles. The fourth-order valence-electron chi connectivity index (χ4n) is 2.55. The molecule has 0 atom stereocenters. The zero-order valence-electron chi connectivity index (χ0n) is 11.7. The van der Waals surface area contributed by atoms with Gasteiger partial charge in [0.2, 0.25) is 0 Å². The van der Waals surface area contributed by atoms with Gasteiger partial charge in [0.05, 0.1) is 24.9 Å². The predicted octanol–water partition coefficient (Wildman–Crippen LogP) is 2.40. The number of methoxy groups -OCH3 is 1. The molecule has 21 heavy (non-hydrogen) atoms. The number of rotatable bonds is 4. The largest absolute Gasteiger partial charge is 0.494 e. The van der Waals surface area contributed by atoms with Crippen LogP contribution in [0.4, 0.5) is 19.3 Å². The van der Waals surface area contributed by atoms with Crippen molar-refractivity contribution in [2.24, 2.45) is 0 Å². The van der Waals surface area contributed by atoms with Crippen molar-refractivity contribution in [3.8, 4) is 5.75 Å². The van der Waals surface area contributed by atoms with Crippen LogP contribution in [-0.2, 0) is 0 Å². The summed E-state index contributed by atoms with van der Waals surface area (Å²) in [5.41, 5.74) is -0.956. The number of urea groups is 1. The summed E-state index contributed by atoms with van der Waals surface area (Å²) in [6.45, 7) is -0.181. The lowest BCUT2D eigenvalue weighted by Gasteiger charge is -2.28. The van der Waals surface area contributed by atoms with Crippen molar-refractivity contribution in [3.63, 3.8) is 0 Å². The number of ether oxygens (including phenoxy) is 1. The Hall–Kier alpha value is -1.89. The molecule has 0 aliphatic heterocycles. The Morgan fingerprint density at radius 2 is 2.00 bits per heavy atom. The molecule has 0 unspecified atom stereocenters. The number of halogens is 2. The lowest BCUT2D eigenvalue weighted by molar-refractivity contribution is 0.167. The molecule has 2 rings (SSSR count). The van der Waals surface area contributed by atoms with Crippen LogP contribution >= 0.6 is 0 Å². The molecule has 7 heteroatoms. The number of carbonyl (C=O) groups is 1. The normalized spacial score (nSPS) is 16.6. The number of hydrogen-bond donors (Lipinski definition) is 3. The van der Waals surface area contributed by atoms with Crippen LogP contribution in [0.5, 0.6) is 5.75 Å². The summed E-state index contributed by atoms with van der Waals surface area (Å²) in [4.78, 5) is 11.9. The Labute approximate surface area is 121 Å². The highest BCUT2D eigenvalue weighted by Crippen LogP contribution is 2.29. The molecule has 0 saturated heterocycles. The lowest BCUT2D eigenvalue weighted by Crippen LogP contribution is -2.50. The Morgan fingerprint density at radius 3 is 2.57 bits per heavy atom. The number of aliphatic hydroxyl groups is 1. The van der Waals surface area contributed by atoms with Crippen LogP contribution in [0.3, 0.4) is 0 Å². The summed E-state index contributed by atoms with van der Waals surface area (Å²) < 4.78 is 31.9. The summed E-state index contributed by atoms with van der Waals surface area (Å²) in [7, 11) is 1.22. The molecule has 0 heterocycles. The molecule has 0 radical (unpaired) electrons. The maximum absolute atomic E-state index is 13.7. The number of nitrogens with one attached hydrogen (secondary N) is 2. The van der Waals surface area contributed by atoms with Gasteiger partial charge in [0, 0.05) is 12.1 Å². The van der Waals surface area contributed by atoms with E-state index in [4.69, 9.17) is 0 Å². The van der Waals surface area contributed by atoms with Crippen molar-refractivity contribution in [3.05, 3.63) is 23.8 Å². The Bertz CT molecular complexity index is 531. The van der Waals surface area contributed by atoms with Crippen LogP contribution in [0, 0.1) is 11.6 Å².